The summed E-state index contributed by atoms with van der Waals surface area (Å²) in [5.74, 6) is 5.91. The fourth-order valence-corrected chi connectivity index (χ4v) is 0.964. The number of hydrogen-bond acceptors (Lipinski definition) is 0. The van der Waals surface area contributed by atoms with E-state index in [1.165, 1.54) is 11.1 Å². The molecular formula is C15H24. The van der Waals surface area contributed by atoms with E-state index in [4.69, 9.17) is 0 Å². The summed E-state index contributed by atoms with van der Waals surface area (Å²) < 4.78 is 0. The summed E-state index contributed by atoms with van der Waals surface area (Å²) in [7, 11) is 0. The van der Waals surface area contributed by atoms with Crippen LogP contribution in [0.2, 0.25) is 0 Å². The van der Waals surface area contributed by atoms with Crippen molar-refractivity contribution in [3.63, 3.8) is 0 Å². The highest BCUT2D eigenvalue weighted by Crippen LogP contribution is 2.08. The summed E-state index contributed by atoms with van der Waals surface area (Å²) in [4.78, 5) is 0. The molecule has 0 aliphatic carbocycles. The van der Waals surface area contributed by atoms with Crippen LogP contribution in [0.1, 0.15) is 51.3 Å². The fraction of sp³-hybridized carbons (Fsp3) is 0.467. The highest BCUT2D eigenvalue weighted by molar-refractivity contribution is 5.39. The maximum atomic E-state index is 3.03. The van der Waals surface area contributed by atoms with Gasteiger partial charge in [-0.25, -0.2) is 0 Å². The van der Waals surface area contributed by atoms with Crippen molar-refractivity contribution < 1.29 is 0 Å². The normalized spacial score (nSPS) is 7.13. The molecular weight excluding hydrogens is 180 g/mol. The van der Waals surface area contributed by atoms with E-state index in [0.717, 1.165) is 5.56 Å². The number of benzene rings is 1. The van der Waals surface area contributed by atoms with Gasteiger partial charge in [-0.3, -0.25) is 0 Å². The van der Waals surface area contributed by atoms with Crippen LogP contribution in [0.4, 0.5) is 0 Å². The lowest BCUT2D eigenvalue weighted by atomic mass is 10.1. The van der Waals surface area contributed by atoms with Crippen LogP contribution in [0.15, 0.2) is 18.2 Å². The number of aryl methyl sites for hydroxylation is 2. The fourth-order valence-electron chi connectivity index (χ4n) is 0.964. The van der Waals surface area contributed by atoms with Crippen molar-refractivity contribution >= 4 is 0 Å². The van der Waals surface area contributed by atoms with Crippen molar-refractivity contribution in [3.8, 4) is 11.8 Å². The molecule has 0 saturated carbocycles. The quantitative estimate of drug-likeness (QED) is 0.536. The summed E-state index contributed by atoms with van der Waals surface area (Å²) in [6, 6.07) is 6.28. The average Bonchev–Trinajstić information content (AvgIpc) is 2.30. The summed E-state index contributed by atoms with van der Waals surface area (Å²) in [6.07, 6.45) is 0. The van der Waals surface area contributed by atoms with Gasteiger partial charge in [-0.15, -0.1) is 5.92 Å². The highest BCUT2D eigenvalue weighted by Gasteiger charge is 1.91. The van der Waals surface area contributed by atoms with Gasteiger partial charge in [0.15, 0.2) is 0 Å². The SMILES string of the molecule is CC.CC.CC#Cc1ccc(C)c(C)c1. The zero-order valence-electron chi connectivity index (χ0n) is 11.2. The van der Waals surface area contributed by atoms with Crippen molar-refractivity contribution in [2.75, 3.05) is 0 Å². The van der Waals surface area contributed by atoms with Crippen LogP contribution in [0, 0.1) is 25.7 Å². The molecule has 84 valence electrons. The van der Waals surface area contributed by atoms with Crippen LogP contribution in [0.25, 0.3) is 0 Å². The molecule has 0 N–H and O–H groups in total. The molecule has 0 aliphatic heterocycles. The van der Waals surface area contributed by atoms with Crippen molar-refractivity contribution in [3.05, 3.63) is 34.9 Å². The van der Waals surface area contributed by atoms with Crippen LogP contribution < -0.4 is 0 Å². The maximum Gasteiger partial charge on any atom is 0.0247 e. The Morgan fingerprint density at radius 2 is 1.40 bits per heavy atom. The van der Waals surface area contributed by atoms with Gasteiger partial charge in [0.2, 0.25) is 0 Å². The molecule has 0 aromatic heterocycles. The predicted octanol–water partition coefficient (Wildman–Crippen LogP) is 4.73. The minimum Gasteiger partial charge on any atom is -0.101 e. The van der Waals surface area contributed by atoms with Crippen LogP contribution in [-0.2, 0) is 0 Å². The molecule has 0 aliphatic rings. The Kier molecular flexibility index (Phi) is 11.7. The third-order valence-electron chi connectivity index (χ3n) is 1.78. The smallest absolute Gasteiger partial charge is 0.0247 e. The zero-order chi connectivity index (χ0) is 12.3. The second-order valence-electron chi connectivity index (χ2n) is 2.67. The minimum absolute atomic E-state index is 1.11. The molecule has 0 atom stereocenters. The van der Waals surface area contributed by atoms with Crippen LogP contribution in [-0.4, -0.2) is 0 Å². The minimum atomic E-state index is 1.11. The second kappa shape index (κ2) is 10.9. The van der Waals surface area contributed by atoms with Gasteiger partial charge in [-0.1, -0.05) is 39.7 Å². The Bertz CT molecular complexity index is 311. The van der Waals surface area contributed by atoms with E-state index in [2.05, 4.69) is 43.9 Å². The van der Waals surface area contributed by atoms with E-state index in [1.54, 1.807) is 0 Å². The van der Waals surface area contributed by atoms with Crippen molar-refractivity contribution in [1.29, 1.82) is 0 Å². The van der Waals surface area contributed by atoms with Gasteiger partial charge in [0.1, 0.15) is 0 Å². The molecule has 0 amide bonds. The molecule has 0 radical (unpaired) electrons. The van der Waals surface area contributed by atoms with Gasteiger partial charge in [0, 0.05) is 5.56 Å². The molecule has 15 heavy (non-hydrogen) atoms. The largest absolute Gasteiger partial charge is 0.101 e. The Labute approximate surface area is 95.7 Å². The van der Waals surface area contributed by atoms with Gasteiger partial charge in [0.05, 0.1) is 0 Å². The van der Waals surface area contributed by atoms with Crippen molar-refractivity contribution in [2.24, 2.45) is 0 Å². The Morgan fingerprint density at radius 3 is 1.80 bits per heavy atom. The van der Waals surface area contributed by atoms with E-state index in [0.29, 0.717) is 0 Å². The van der Waals surface area contributed by atoms with Crippen LogP contribution in [0.3, 0.4) is 0 Å². The van der Waals surface area contributed by atoms with Crippen LogP contribution in [0.5, 0.6) is 0 Å². The molecule has 1 rings (SSSR count). The summed E-state index contributed by atoms with van der Waals surface area (Å²) in [5, 5.41) is 0. The molecule has 0 heterocycles. The first-order valence-corrected chi connectivity index (χ1v) is 5.74. The summed E-state index contributed by atoms with van der Waals surface area (Å²) >= 11 is 0. The van der Waals surface area contributed by atoms with Crippen LogP contribution >= 0.6 is 0 Å². The Balaban J connectivity index is 0. The number of rotatable bonds is 0. The van der Waals surface area contributed by atoms with E-state index >= 15 is 0 Å². The molecule has 0 bridgehead atoms. The Hall–Kier alpha value is -1.22. The molecule has 0 nitrogen and oxygen atoms in total. The molecule has 0 spiro atoms. The number of hydrogen-bond donors (Lipinski definition) is 0. The highest BCUT2D eigenvalue weighted by atomic mass is 14.0. The first-order valence-electron chi connectivity index (χ1n) is 5.74. The van der Waals surface area contributed by atoms with Gasteiger partial charge in [0.25, 0.3) is 0 Å². The van der Waals surface area contributed by atoms with E-state index in [-0.39, 0.29) is 0 Å². The topological polar surface area (TPSA) is 0 Å². The lowest BCUT2D eigenvalue weighted by molar-refractivity contribution is 1.33. The first kappa shape index (κ1) is 16.2. The van der Waals surface area contributed by atoms with Gasteiger partial charge in [-0.2, -0.15) is 0 Å². The zero-order valence-corrected chi connectivity index (χ0v) is 11.2. The standard InChI is InChI=1S/C11H12.2C2H6/c1-4-5-11-7-6-9(2)10(3)8-11;2*1-2/h6-8H,1-3H3;2*1-2H3. The average molecular weight is 204 g/mol. The lowest BCUT2D eigenvalue weighted by Gasteiger charge is -1.98. The van der Waals surface area contributed by atoms with Gasteiger partial charge in [-0.05, 0) is 44.0 Å². The summed E-state index contributed by atoms with van der Waals surface area (Å²) in [6.45, 7) is 14.1. The van der Waals surface area contributed by atoms with Crippen molar-refractivity contribution in [2.45, 2.75) is 48.5 Å². The lowest BCUT2D eigenvalue weighted by Crippen LogP contribution is -1.81. The maximum absolute atomic E-state index is 3.03. The Morgan fingerprint density at radius 1 is 0.867 bits per heavy atom. The molecule has 0 heteroatoms. The summed E-state index contributed by atoms with van der Waals surface area (Å²) in [5.41, 5.74) is 3.74. The molecule has 0 fully saturated rings. The van der Waals surface area contributed by atoms with Gasteiger partial charge < -0.3 is 0 Å². The monoisotopic (exact) mass is 204 g/mol. The first-order chi connectivity index (χ1) is 7.24. The molecule has 1 aromatic carbocycles. The van der Waals surface area contributed by atoms with Gasteiger partial charge >= 0.3 is 0 Å². The third kappa shape index (κ3) is 6.80. The second-order valence-corrected chi connectivity index (χ2v) is 2.67. The third-order valence-corrected chi connectivity index (χ3v) is 1.78. The van der Waals surface area contributed by atoms with Crippen molar-refractivity contribution in [1.82, 2.24) is 0 Å². The predicted molar refractivity (Wildman–Crippen MR) is 71.2 cm³/mol. The van der Waals surface area contributed by atoms with E-state index in [9.17, 15) is 0 Å². The molecule has 1 aromatic rings. The molecule has 0 saturated heterocycles. The van der Waals surface area contributed by atoms with E-state index in [1.807, 2.05) is 34.6 Å². The van der Waals surface area contributed by atoms with E-state index < -0.39 is 0 Å². The molecule has 0 unspecified atom stereocenters.